The molecule has 26 heavy (non-hydrogen) atoms. The Labute approximate surface area is 152 Å². The van der Waals surface area contributed by atoms with Gasteiger partial charge in [0.25, 0.3) is 0 Å². The number of hydrazone groups is 1. The number of likely N-dealkylation sites (N-methyl/N-ethyl adjacent to an activating group) is 1. The molecule has 9 heteroatoms. The first-order valence-electron chi connectivity index (χ1n) is 8.42. The van der Waals surface area contributed by atoms with Crippen molar-refractivity contribution in [2.75, 3.05) is 31.8 Å². The van der Waals surface area contributed by atoms with E-state index < -0.39 is 17.9 Å². The number of hydrogen-bond acceptors (Lipinski definition) is 8. The van der Waals surface area contributed by atoms with Crippen molar-refractivity contribution in [1.29, 1.82) is 0 Å². The van der Waals surface area contributed by atoms with Crippen LogP contribution in [0, 0.1) is 5.92 Å². The smallest absolute Gasteiger partial charge is 0.341 e. The van der Waals surface area contributed by atoms with E-state index in [1.807, 2.05) is 20.9 Å². The number of carbonyl (C=O) groups excluding carboxylic acids is 2. The highest BCUT2D eigenvalue weighted by molar-refractivity contribution is 5.98. The number of anilines is 2. The number of amides is 1. The van der Waals surface area contributed by atoms with Gasteiger partial charge in [-0.2, -0.15) is 5.10 Å². The lowest BCUT2D eigenvalue weighted by Gasteiger charge is -2.21. The molecule has 1 aromatic rings. The number of nitrogens with zero attached hydrogens (tertiary/aromatic N) is 3. The lowest BCUT2D eigenvalue weighted by molar-refractivity contribution is -0.119. The number of pyridine rings is 1. The summed E-state index contributed by atoms with van der Waals surface area (Å²) in [6.45, 7) is 4.55. The first-order chi connectivity index (χ1) is 12.2. The molecule has 2 heterocycles. The number of methoxy groups -OCH3 is 1. The molecule has 1 aliphatic heterocycles. The molecule has 0 spiro atoms. The van der Waals surface area contributed by atoms with Gasteiger partial charge in [-0.3, -0.25) is 9.80 Å². The summed E-state index contributed by atoms with van der Waals surface area (Å²) in [7, 11) is 3.11. The highest BCUT2D eigenvalue weighted by atomic mass is 16.5. The molecule has 0 saturated heterocycles. The van der Waals surface area contributed by atoms with E-state index in [9.17, 15) is 9.59 Å². The van der Waals surface area contributed by atoms with Crippen LogP contribution in [0.4, 0.5) is 11.5 Å². The Hall–Kier alpha value is -2.84. The van der Waals surface area contributed by atoms with Crippen LogP contribution in [0.1, 0.15) is 42.2 Å². The van der Waals surface area contributed by atoms with Gasteiger partial charge in [0, 0.05) is 25.9 Å². The second kappa shape index (κ2) is 8.03. The second-order valence-corrected chi connectivity index (χ2v) is 6.79. The van der Waals surface area contributed by atoms with E-state index in [2.05, 4.69) is 15.4 Å². The van der Waals surface area contributed by atoms with Crippen LogP contribution in [0.25, 0.3) is 0 Å². The Morgan fingerprint density at radius 2 is 2.15 bits per heavy atom. The fourth-order valence-electron chi connectivity index (χ4n) is 2.88. The van der Waals surface area contributed by atoms with Gasteiger partial charge >= 0.3 is 5.97 Å². The molecule has 0 aliphatic carbocycles. The summed E-state index contributed by atoms with van der Waals surface area (Å²) in [5.41, 5.74) is 12.5. The maximum Gasteiger partial charge on any atom is 0.341 e. The van der Waals surface area contributed by atoms with Crippen LogP contribution in [0.5, 0.6) is 0 Å². The standard InChI is InChI=1S/C17H26N6O3/c1-9(2)5-12(16(19)24)21-13-6-11(18)14(17(25)26-4)15(22-13)10-7-20-23(3)8-10/h6-7,9-10,12H,5,8H2,1-4H3,(H2,19,24)(H3,18,21,22)/t10?,12-/m1/s1. The molecule has 0 radical (unpaired) electrons. The van der Waals surface area contributed by atoms with Crippen molar-refractivity contribution >= 4 is 29.6 Å². The average molecular weight is 362 g/mol. The predicted molar refractivity (Wildman–Crippen MR) is 99.9 cm³/mol. The van der Waals surface area contributed by atoms with Gasteiger partial charge in [-0.25, -0.2) is 9.78 Å². The summed E-state index contributed by atoms with van der Waals surface area (Å²) in [6.07, 6.45) is 2.26. The molecule has 142 valence electrons. The molecular formula is C17H26N6O3. The minimum absolute atomic E-state index is 0.212. The Bertz CT molecular complexity index is 719. The molecular weight excluding hydrogens is 336 g/mol. The molecule has 5 N–H and O–H groups in total. The highest BCUT2D eigenvalue weighted by Crippen LogP contribution is 2.29. The van der Waals surface area contributed by atoms with Gasteiger partial charge in [-0.05, 0) is 12.3 Å². The Morgan fingerprint density at radius 3 is 2.65 bits per heavy atom. The third kappa shape index (κ3) is 4.41. The number of aromatic nitrogens is 1. The van der Waals surface area contributed by atoms with Crippen LogP contribution in [0.2, 0.25) is 0 Å². The van der Waals surface area contributed by atoms with E-state index in [1.54, 1.807) is 11.2 Å². The minimum atomic E-state index is -0.585. The minimum Gasteiger partial charge on any atom is -0.465 e. The van der Waals surface area contributed by atoms with Crippen LogP contribution in [-0.2, 0) is 9.53 Å². The zero-order valence-electron chi connectivity index (χ0n) is 15.5. The Balaban J connectivity index is 2.42. The van der Waals surface area contributed by atoms with Crippen molar-refractivity contribution in [2.24, 2.45) is 16.8 Å². The van der Waals surface area contributed by atoms with Crippen LogP contribution in [0.3, 0.4) is 0 Å². The monoisotopic (exact) mass is 362 g/mol. The fraction of sp³-hybridized carbons (Fsp3) is 0.529. The van der Waals surface area contributed by atoms with Crippen molar-refractivity contribution < 1.29 is 14.3 Å². The van der Waals surface area contributed by atoms with Gasteiger partial charge < -0.3 is 21.5 Å². The number of nitrogens with one attached hydrogen (secondary N) is 1. The van der Waals surface area contributed by atoms with Crippen molar-refractivity contribution in [2.45, 2.75) is 32.2 Å². The first-order valence-corrected chi connectivity index (χ1v) is 8.42. The molecule has 0 saturated carbocycles. The number of hydrogen-bond donors (Lipinski definition) is 3. The van der Waals surface area contributed by atoms with Crippen LogP contribution in [0.15, 0.2) is 11.2 Å². The predicted octanol–water partition coefficient (Wildman–Crippen LogP) is 0.777. The van der Waals surface area contributed by atoms with Crippen LogP contribution >= 0.6 is 0 Å². The molecule has 1 amide bonds. The highest BCUT2D eigenvalue weighted by Gasteiger charge is 2.28. The first kappa shape index (κ1) is 19.5. The van der Waals surface area contributed by atoms with Gasteiger partial charge in [-0.1, -0.05) is 13.8 Å². The van der Waals surface area contributed by atoms with E-state index in [4.69, 9.17) is 16.2 Å². The molecule has 2 atom stereocenters. The van der Waals surface area contributed by atoms with Crippen molar-refractivity contribution in [3.63, 3.8) is 0 Å². The molecule has 1 aliphatic rings. The fourth-order valence-corrected chi connectivity index (χ4v) is 2.88. The number of nitrogen functional groups attached to an aromatic ring is 1. The number of nitrogens with two attached hydrogens (primary N) is 2. The van der Waals surface area contributed by atoms with Crippen molar-refractivity contribution in [1.82, 2.24) is 9.99 Å². The molecule has 0 bridgehead atoms. The lowest BCUT2D eigenvalue weighted by atomic mass is 9.99. The molecule has 0 aromatic carbocycles. The summed E-state index contributed by atoms with van der Waals surface area (Å²) in [5, 5.41) is 8.97. The number of rotatable bonds is 7. The third-order valence-corrected chi connectivity index (χ3v) is 4.10. The Morgan fingerprint density at radius 1 is 1.46 bits per heavy atom. The van der Waals surface area contributed by atoms with E-state index >= 15 is 0 Å². The quantitative estimate of drug-likeness (QED) is 0.610. The number of esters is 1. The zero-order chi connectivity index (χ0) is 19.4. The molecule has 2 rings (SSSR count). The SMILES string of the molecule is COC(=O)c1c(N)cc(N[C@H](CC(C)C)C(N)=O)nc1C1C=NN(C)C1. The van der Waals surface area contributed by atoms with E-state index in [0.29, 0.717) is 24.5 Å². The number of carbonyl (C=O) groups is 2. The van der Waals surface area contributed by atoms with E-state index in [0.717, 1.165) is 0 Å². The second-order valence-electron chi connectivity index (χ2n) is 6.79. The lowest BCUT2D eigenvalue weighted by Crippen LogP contribution is -2.37. The summed E-state index contributed by atoms with van der Waals surface area (Å²) in [6, 6.07) is 0.931. The normalized spacial score (nSPS) is 17.4. The summed E-state index contributed by atoms with van der Waals surface area (Å²) in [4.78, 5) is 28.4. The molecule has 1 unspecified atom stereocenters. The van der Waals surface area contributed by atoms with Gasteiger partial charge in [0.15, 0.2) is 0 Å². The summed E-state index contributed by atoms with van der Waals surface area (Å²) < 4.78 is 4.84. The van der Waals surface area contributed by atoms with Gasteiger partial charge in [0.2, 0.25) is 5.91 Å². The van der Waals surface area contributed by atoms with Crippen LogP contribution < -0.4 is 16.8 Å². The average Bonchev–Trinajstić information content (AvgIpc) is 2.99. The van der Waals surface area contributed by atoms with E-state index in [-0.39, 0.29) is 23.1 Å². The maximum absolute atomic E-state index is 12.2. The van der Waals surface area contributed by atoms with Gasteiger partial charge in [0.05, 0.1) is 24.4 Å². The summed E-state index contributed by atoms with van der Waals surface area (Å²) >= 11 is 0. The van der Waals surface area contributed by atoms with E-state index in [1.165, 1.54) is 13.2 Å². The summed E-state index contributed by atoms with van der Waals surface area (Å²) in [5.74, 6) is -0.595. The van der Waals surface area contributed by atoms with Gasteiger partial charge in [-0.15, -0.1) is 0 Å². The van der Waals surface area contributed by atoms with Crippen molar-refractivity contribution in [3.8, 4) is 0 Å². The topological polar surface area (TPSA) is 136 Å². The number of primary amides is 1. The molecule has 1 aromatic heterocycles. The molecule has 0 fully saturated rings. The third-order valence-electron chi connectivity index (χ3n) is 4.10. The van der Waals surface area contributed by atoms with Crippen LogP contribution in [-0.4, -0.2) is 54.8 Å². The van der Waals surface area contributed by atoms with Crippen molar-refractivity contribution in [3.05, 3.63) is 17.3 Å². The largest absolute Gasteiger partial charge is 0.465 e. The Kier molecular flexibility index (Phi) is 6.01. The van der Waals surface area contributed by atoms with Gasteiger partial charge in [0.1, 0.15) is 17.4 Å². The zero-order valence-corrected chi connectivity index (χ0v) is 15.5. The number of ether oxygens (including phenoxy) is 1. The molecule has 9 nitrogen and oxygen atoms in total. The maximum atomic E-state index is 12.2.